The molecule has 0 aliphatic carbocycles. The second-order valence-electron chi connectivity index (χ2n) is 4.07. The van der Waals surface area contributed by atoms with Crippen LogP contribution in [0.3, 0.4) is 0 Å². The molecule has 0 saturated heterocycles. The Morgan fingerprint density at radius 1 is 1.22 bits per heavy atom. The normalized spacial score (nSPS) is 11.2. The van der Waals surface area contributed by atoms with Gasteiger partial charge in [0.2, 0.25) is 11.6 Å². The first kappa shape index (κ1) is 14.8. The Bertz CT molecular complexity index is 419. The lowest BCUT2D eigenvalue weighted by Gasteiger charge is -2.10. The molecule has 98 valence electrons. The number of carboxylic acid groups (broad SMARTS) is 1. The molecule has 1 rings (SSSR count). The van der Waals surface area contributed by atoms with Gasteiger partial charge in [0.05, 0.1) is 0 Å². The maximum absolute atomic E-state index is 10.4. The summed E-state index contributed by atoms with van der Waals surface area (Å²) in [7, 11) is -3.73. The Hall–Kier alpha value is -1.29. The van der Waals surface area contributed by atoms with Crippen LogP contribution in [-0.2, 0) is 11.2 Å². The first-order valence-electron chi connectivity index (χ1n) is 5.59. The molecule has 0 aliphatic heterocycles. The fraction of sp³-hybridized carbons (Fsp3) is 0.333. The highest BCUT2D eigenvalue weighted by atomic mass is 31.2. The smallest absolute Gasteiger partial charge is 0.347 e. The van der Waals surface area contributed by atoms with Crippen LogP contribution in [0.5, 0.6) is 0 Å². The standard InChI is InChI=1S/C12H16NO4P/c13-11(18(16,17)9-12(14)15)8-4-7-10-5-2-1-3-6-10/h1-3,5-6,13,16-17H,4,7-9H2/p+1. The van der Waals surface area contributed by atoms with E-state index in [1.54, 1.807) is 0 Å². The Morgan fingerprint density at radius 3 is 2.39 bits per heavy atom. The molecule has 0 aliphatic rings. The van der Waals surface area contributed by atoms with E-state index in [0.717, 1.165) is 12.0 Å². The van der Waals surface area contributed by atoms with E-state index in [2.05, 4.69) is 0 Å². The van der Waals surface area contributed by atoms with Gasteiger partial charge in [-0.05, 0) is 18.4 Å². The van der Waals surface area contributed by atoms with Crippen LogP contribution in [0.1, 0.15) is 18.4 Å². The van der Waals surface area contributed by atoms with Gasteiger partial charge in [-0.3, -0.25) is 5.41 Å². The SMILES string of the molecule is N=C(CCCc1ccccc1)[P+](O)(O)CC(=O)O. The van der Waals surface area contributed by atoms with Gasteiger partial charge in [-0.2, -0.15) is 0 Å². The summed E-state index contributed by atoms with van der Waals surface area (Å²) >= 11 is 0. The highest BCUT2D eigenvalue weighted by molar-refractivity contribution is 7.82. The summed E-state index contributed by atoms with van der Waals surface area (Å²) in [6.07, 6.45) is 0.793. The molecule has 6 heteroatoms. The molecule has 4 N–H and O–H groups in total. The fourth-order valence-corrected chi connectivity index (χ4v) is 2.65. The Morgan fingerprint density at radius 2 is 1.83 bits per heavy atom. The predicted molar refractivity (Wildman–Crippen MR) is 71.0 cm³/mol. The molecule has 0 amide bonds. The molecule has 0 radical (unpaired) electrons. The van der Waals surface area contributed by atoms with Crippen molar-refractivity contribution >= 4 is 19.1 Å². The zero-order valence-electron chi connectivity index (χ0n) is 9.91. The number of hydrogen-bond acceptors (Lipinski definition) is 4. The van der Waals surface area contributed by atoms with Gasteiger partial charge >= 0.3 is 13.7 Å². The maximum Gasteiger partial charge on any atom is 0.347 e. The quantitative estimate of drug-likeness (QED) is 0.449. The Kier molecular flexibility index (Phi) is 5.41. The number of carboxylic acids is 1. The van der Waals surface area contributed by atoms with Crippen molar-refractivity contribution in [3.05, 3.63) is 35.9 Å². The van der Waals surface area contributed by atoms with Crippen LogP contribution >= 0.6 is 7.72 Å². The summed E-state index contributed by atoms with van der Waals surface area (Å²) in [5, 5.41) is 16.0. The highest BCUT2D eigenvalue weighted by Gasteiger charge is 2.42. The largest absolute Gasteiger partial charge is 0.478 e. The minimum absolute atomic E-state index is 0.211. The van der Waals surface area contributed by atoms with Gasteiger partial charge in [-0.15, -0.1) is 0 Å². The van der Waals surface area contributed by atoms with E-state index in [1.807, 2.05) is 30.3 Å². The van der Waals surface area contributed by atoms with Crippen LogP contribution in [0.4, 0.5) is 0 Å². The summed E-state index contributed by atoms with van der Waals surface area (Å²) in [4.78, 5) is 29.4. The molecular formula is C12H17NO4P+. The van der Waals surface area contributed by atoms with Crippen molar-refractivity contribution in [3.8, 4) is 0 Å². The van der Waals surface area contributed by atoms with Gasteiger partial charge in [-0.1, -0.05) is 30.3 Å². The van der Waals surface area contributed by atoms with Crippen LogP contribution in [-0.4, -0.2) is 32.5 Å². The van der Waals surface area contributed by atoms with Crippen LogP contribution in [0.25, 0.3) is 0 Å². The maximum atomic E-state index is 10.4. The van der Waals surface area contributed by atoms with Crippen molar-refractivity contribution in [2.45, 2.75) is 19.3 Å². The van der Waals surface area contributed by atoms with Gasteiger partial charge in [0.25, 0.3) is 0 Å². The summed E-state index contributed by atoms with van der Waals surface area (Å²) in [5.41, 5.74) is 0.865. The molecule has 0 spiro atoms. The second kappa shape index (κ2) is 6.59. The lowest BCUT2D eigenvalue weighted by molar-refractivity contribution is -0.134. The summed E-state index contributed by atoms with van der Waals surface area (Å²) < 4.78 is 0. The van der Waals surface area contributed by atoms with Crippen molar-refractivity contribution in [2.24, 2.45) is 0 Å². The topological polar surface area (TPSA) is 102 Å². The van der Waals surface area contributed by atoms with E-state index >= 15 is 0 Å². The molecular weight excluding hydrogens is 253 g/mol. The molecule has 0 fully saturated rings. The molecule has 1 aromatic rings. The number of hydrogen-bond donors (Lipinski definition) is 4. The van der Waals surface area contributed by atoms with Gasteiger partial charge < -0.3 is 5.11 Å². The number of aryl methyl sites for hydroxylation is 1. The minimum atomic E-state index is -3.73. The third kappa shape index (κ3) is 4.92. The molecule has 0 saturated carbocycles. The van der Waals surface area contributed by atoms with Crippen molar-refractivity contribution in [3.63, 3.8) is 0 Å². The van der Waals surface area contributed by atoms with E-state index in [1.165, 1.54) is 0 Å². The zero-order valence-corrected chi connectivity index (χ0v) is 10.8. The summed E-state index contributed by atoms with van der Waals surface area (Å²) in [6, 6.07) is 9.67. The molecule has 0 heterocycles. The fourth-order valence-electron chi connectivity index (χ4n) is 1.57. The summed E-state index contributed by atoms with van der Waals surface area (Å²) in [5.74, 6) is -1.29. The van der Waals surface area contributed by atoms with Crippen LogP contribution < -0.4 is 0 Å². The molecule has 5 nitrogen and oxygen atoms in total. The van der Waals surface area contributed by atoms with E-state index < -0.39 is 19.8 Å². The van der Waals surface area contributed by atoms with Crippen molar-refractivity contribution < 1.29 is 19.7 Å². The zero-order chi connectivity index (χ0) is 13.6. The molecule has 18 heavy (non-hydrogen) atoms. The lowest BCUT2D eigenvalue weighted by Crippen LogP contribution is -2.15. The number of carbonyl (C=O) groups is 1. The predicted octanol–water partition coefficient (Wildman–Crippen LogP) is 1.90. The number of benzene rings is 1. The average Bonchev–Trinajstić information content (AvgIpc) is 2.28. The van der Waals surface area contributed by atoms with Gasteiger partial charge in [0, 0.05) is 6.42 Å². The van der Waals surface area contributed by atoms with Crippen LogP contribution in [0.15, 0.2) is 30.3 Å². The third-order valence-electron chi connectivity index (χ3n) is 2.51. The van der Waals surface area contributed by atoms with E-state index in [9.17, 15) is 14.6 Å². The summed E-state index contributed by atoms with van der Waals surface area (Å²) in [6.45, 7) is 0. The molecule has 1 aromatic carbocycles. The second-order valence-corrected chi connectivity index (χ2v) is 6.38. The van der Waals surface area contributed by atoms with Crippen molar-refractivity contribution in [1.82, 2.24) is 0 Å². The monoisotopic (exact) mass is 270 g/mol. The number of aliphatic carboxylic acids is 1. The molecule has 0 atom stereocenters. The van der Waals surface area contributed by atoms with Crippen molar-refractivity contribution in [1.29, 1.82) is 5.41 Å². The Balaban J connectivity index is 2.39. The third-order valence-corrected chi connectivity index (χ3v) is 4.31. The van der Waals surface area contributed by atoms with Crippen LogP contribution in [0, 0.1) is 5.41 Å². The van der Waals surface area contributed by atoms with Crippen LogP contribution in [0.2, 0.25) is 0 Å². The van der Waals surface area contributed by atoms with Crippen molar-refractivity contribution in [2.75, 3.05) is 6.16 Å². The first-order valence-corrected chi connectivity index (χ1v) is 7.47. The number of rotatable bonds is 7. The van der Waals surface area contributed by atoms with Gasteiger partial charge in [-0.25, -0.2) is 14.6 Å². The highest BCUT2D eigenvalue weighted by Crippen LogP contribution is 2.51. The van der Waals surface area contributed by atoms with Gasteiger partial charge in [0.1, 0.15) is 0 Å². The lowest BCUT2D eigenvalue weighted by atomic mass is 10.1. The van der Waals surface area contributed by atoms with E-state index in [-0.39, 0.29) is 11.9 Å². The molecule has 0 bridgehead atoms. The van der Waals surface area contributed by atoms with Gasteiger partial charge in [0.15, 0.2) is 0 Å². The van der Waals surface area contributed by atoms with E-state index in [0.29, 0.717) is 6.42 Å². The average molecular weight is 270 g/mol. The Labute approximate surface area is 106 Å². The molecule has 0 aromatic heterocycles. The van der Waals surface area contributed by atoms with E-state index in [4.69, 9.17) is 10.5 Å². The number of nitrogens with one attached hydrogen (secondary N) is 1. The first-order chi connectivity index (χ1) is 8.42. The molecule has 0 unspecified atom stereocenters. The minimum Gasteiger partial charge on any atom is -0.478 e.